The van der Waals surface area contributed by atoms with Gasteiger partial charge in [0, 0.05) is 26.5 Å². The van der Waals surface area contributed by atoms with E-state index in [0.717, 1.165) is 5.69 Å². The van der Waals surface area contributed by atoms with Crippen molar-refractivity contribution in [2.45, 2.75) is 0 Å². The fourth-order valence-electron chi connectivity index (χ4n) is 6.85. The van der Waals surface area contributed by atoms with Crippen LogP contribution in [0.5, 0.6) is 0 Å². The zero-order chi connectivity index (χ0) is 30.5. The van der Waals surface area contributed by atoms with E-state index in [0.29, 0.717) is 0 Å². The molecule has 0 saturated carbocycles. The molecule has 1 aromatic heterocycles. The second-order valence-electron chi connectivity index (χ2n) is 11.7. The predicted octanol–water partition coefficient (Wildman–Crippen LogP) is 13.2. The van der Waals surface area contributed by atoms with E-state index in [2.05, 4.69) is 181 Å². The largest absolute Gasteiger partial charge is 0.308 e. The van der Waals surface area contributed by atoms with Gasteiger partial charge in [0.1, 0.15) is 0 Å². The monoisotopic (exact) mass is 603 g/mol. The molecule has 0 atom stereocenters. The third-order valence-electron chi connectivity index (χ3n) is 9.04. The Bertz CT molecular complexity index is 2530. The molecule has 0 unspecified atom stereocenters. The summed E-state index contributed by atoms with van der Waals surface area (Å²) in [5, 5.41) is 7.61. The number of rotatable bonds is 5. The molecule has 2 heteroatoms. The minimum atomic E-state index is 1.13. The first-order valence-electron chi connectivity index (χ1n) is 15.7. The summed E-state index contributed by atoms with van der Waals surface area (Å²) in [6.07, 6.45) is 0. The molecule has 0 spiro atoms. The number of anilines is 3. The van der Waals surface area contributed by atoms with E-state index < -0.39 is 0 Å². The molecule has 8 aromatic carbocycles. The van der Waals surface area contributed by atoms with E-state index in [-0.39, 0.29) is 0 Å². The van der Waals surface area contributed by atoms with Crippen LogP contribution in [0.2, 0.25) is 0 Å². The average Bonchev–Trinajstić information content (AvgIpc) is 3.52. The van der Waals surface area contributed by atoms with Crippen LogP contribution in [0.4, 0.5) is 17.1 Å². The lowest BCUT2D eigenvalue weighted by Gasteiger charge is -2.28. The molecule has 216 valence electrons. The van der Waals surface area contributed by atoms with Gasteiger partial charge in [-0.1, -0.05) is 140 Å². The van der Waals surface area contributed by atoms with Crippen molar-refractivity contribution in [3.8, 4) is 22.3 Å². The van der Waals surface area contributed by atoms with Gasteiger partial charge >= 0.3 is 0 Å². The van der Waals surface area contributed by atoms with E-state index in [4.69, 9.17) is 0 Å². The summed E-state index contributed by atoms with van der Waals surface area (Å²) >= 11 is 1.87. The average molecular weight is 604 g/mol. The fraction of sp³-hybridized carbons (Fsp3) is 0. The molecule has 0 amide bonds. The molecule has 46 heavy (non-hydrogen) atoms. The van der Waals surface area contributed by atoms with Gasteiger partial charge in [-0.15, -0.1) is 11.3 Å². The molecule has 0 fully saturated rings. The minimum absolute atomic E-state index is 1.13. The van der Waals surface area contributed by atoms with Crippen molar-refractivity contribution in [2.75, 3.05) is 4.90 Å². The van der Waals surface area contributed by atoms with Crippen molar-refractivity contribution in [2.24, 2.45) is 0 Å². The number of hydrogen-bond donors (Lipinski definition) is 0. The highest BCUT2D eigenvalue weighted by Gasteiger charge is 2.21. The van der Waals surface area contributed by atoms with Gasteiger partial charge in [0.15, 0.2) is 0 Å². The van der Waals surface area contributed by atoms with Crippen LogP contribution in [-0.4, -0.2) is 0 Å². The maximum absolute atomic E-state index is 2.47. The van der Waals surface area contributed by atoms with Gasteiger partial charge in [0.05, 0.1) is 16.1 Å². The van der Waals surface area contributed by atoms with Crippen LogP contribution in [0, 0.1) is 0 Å². The Kier molecular flexibility index (Phi) is 6.40. The molecule has 1 nitrogen and oxygen atoms in total. The maximum Gasteiger partial charge on any atom is 0.0640 e. The molecule has 0 bridgehead atoms. The summed E-state index contributed by atoms with van der Waals surface area (Å²) in [7, 11) is 0. The summed E-state index contributed by atoms with van der Waals surface area (Å²) in [5.41, 5.74) is 8.37. The predicted molar refractivity (Wildman–Crippen MR) is 200 cm³/mol. The van der Waals surface area contributed by atoms with Gasteiger partial charge in [-0.3, -0.25) is 0 Å². The van der Waals surface area contributed by atoms with Gasteiger partial charge < -0.3 is 4.90 Å². The summed E-state index contributed by atoms with van der Waals surface area (Å²) in [4.78, 5) is 2.47. The second-order valence-corrected chi connectivity index (χ2v) is 12.8. The van der Waals surface area contributed by atoms with Gasteiger partial charge in [-0.25, -0.2) is 0 Å². The highest BCUT2D eigenvalue weighted by molar-refractivity contribution is 7.26. The minimum Gasteiger partial charge on any atom is -0.308 e. The van der Waals surface area contributed by atoms with Gasteiger partial charge in [-0.05, 0) is 74.8 Å². The zero-order valence-corrected chi connectivity index (χ0v) is 25.9. The van der Waals surface area contributed by atoms with Crippen molar-refractivity contribution in [3.05, 3.63) is 176 Å². The van der Waals surface area contributed by atoms with Crippen molar-refractivity contribution in [1.29, 1.82) is 0 Å². The number of benzene rings is 8. The molecule has 0 N–H and O–H groups in total. The van der Waals surface area contributed by atoms with Crippen LogP contribution < -0.4 is 4.90 Å². The first-order valence-corrected chi connectivity index (χ1v) is 16.5. The number of fused-ring (bicyclic) bond motifs is 6. The van der Waals surface area contributed by atoms with Crippen molar-refractivity contribution >= 4 is 70.1 Å². The quantitative estimate of drug-likeness (QED) is 0.177. The van der Waals surface area contributed by atoms with Crippen LogP contribution in [-0.2, 0) is 0 Å². The van der Waals surface area contributed by atoms with E-state index in [1.54, 1.807) is 0 Å². The van der Waals surface area contributed by atoms with Gasteiger partial charge in [0.25, 0.3) is 0 Å². The van der Waals surface area contributed by atoms with Crippen LogP contribution in [0.15, 0.2) is 176 Å². The SMILES string of the molecule is c1ccc(-c2cccc(-c3ccc(N(c4cc5ccccc5c5ccccc45)c4cccc5c4sc4ccccc45)cc3)c2)cc1. The second kappa shape index (κ2) is 11.0. The molecule has 0 aliphatic carbocycles. The third kappa shape index (κ3) is 4.46. The smallest absolute Gasteiger partial charge is 0.0640 e. The molecular formula is C44H29NS. The summed E-state index contributed by atoms with van der Waals surface area (Å²) < 4.78 is 2.60. The Labute approximate surface area is 272 Å². The lowest BCUT2D eigenvalue weighted by molar-refractivity contribution is 1.32. The van der Waals surface area contributed by atoms with E-state index in [1.807, 2.05) is 11.3 Å². The molecule has 0 aliphatic heterocycles. The Balaban J connectivity index is 1.26. The first-order chi connectivity index (χ1) is 22.8. The van der Waals surface area contributed by atoms with Crippen LogP contribution in [0.25, 0.3) is 64.0 Å². The van der Waals surface area contributed by atoms with E-state index in [1.165, 1.54) is 75.3 Å². The van der Waals surface area contributed by atoms with Crippen molar-refractivity contribution in [3.63, 3.8) is 0 Å². The summed E-state index contributed by atoms with van der Waals surface area (Å²) in [5.74, 6) is 0. The molecule has 9 aromatic rings. The topological polar surface area (TPSA) is 3.24 Å². The van der Waals surface area contributed by atoms with Crippen LogP contribution in [0.3, 0.4) is 0 Å². The molecule has 0 aliphatic rings. The Morgan fingerprint density at radius 1 is 0.348 bits per heavy atom. The van der Waals surface area contributed by atoms with E-state index >= 15 is 0 Å². The number of hydrogen-bond acceptors (Lipinski definition) is 2. The van der Waals surface area contributed by atoms with Gasteiger partial charge in [-0.2, -0.15) is 0 Å². The molecule has 1 heterocycles. The van der Waals surface area contributed by atoms with Crippen molar-refractivity contribution in [1.82, 2.24) is 0 Å². The highest BCUT2D eigenvalue weighted by atomic mass is 32.1. The van der Waals surface area contributed by atoms with Crippen LogP contribution in [0.1, 0.15) is 0 Å². The standard InChI is InChI=1S/C44H29NS/c1-2-12-30(13-3-1)32-15-10-16-33(28-32)31-24-26-35(27-25-31)45(41-22-11-21-40-39-20-8-9-23-43(39)46-44(40)41)42-29-34-14-4-5-17-36(34)37-18-6-7-19-38(37)42/h1-29H. The fourth-order valence-corrected chi connectivity index (χ4v) is 8.05. The van der Waals surface area contributed by atoms with Crippen LogP contribution >= 0.6 is 11.3 Å². The lowest BCUT2D eigenvalue weighted by atomic mass is 9.97. The lowest BCUT2D eigenvalue weighted by Crippen LogP contribution is -2.10. The molecule has 0 saturated heterocycles. The zero-order valence-electron chi connectivity index (χ0n) is 25.1. The molecular weight excluding hydrogens is 575 g/mol. The van der Waals surface area contributed by atoms with Gasteiger partial charge in [0.2, 0.25) is 0 Å². The van der Waals surface area contributed by atoms with E-state index in [9.17, 15) is 0 Å². The number of nitrogens with zero attached hydrogens (tertiary/aromatic N) is 1. The summed E-state index contributed by atoms with van der Waals surface area (Å²) in [6.45, 7) is 0. The molecule has 9 rings (SSSR count). The Morgan fingerprint density at radius 3 is 1.74 bits per heavy atom. The summed E-state index contributed by atoms with van der Waals surface area (Å²) in [6, 6.07) is 63.9. The maximum atomic E-state index is 2.47. The third-order valence-corrected chi connectivity index (χ3v) is 10.2. The Morgan fingerprint density at radius 2 is 0.935 bits per heavy atom. The highest BCUT2D eigenvalue weighted by Crippen LogP contribution is 2.47. The molecule has 0 radical (unpaired) electrons. The number of thiophene rings is 1. The first kappa shape index (κ1) is 26.7. The Hall–Kier alpha value is -5.70. The van der Waals surface area contributed by atoms with Crippen molar-refractivity contribution < 1.29 is 0 Å². The normalized spacial score (nSPS) is 11.5.